The quantitative estimate of drug-likeness (QED) is 0.516. The van der Waals surface area contributed by atoms with E-state index in [1.807, 2.05) is 0 Å². The van der Waals surface area contributed by atoms with Crippen molar-refractivity contribution in [3.63, 3.8) is 0 Å². The molecule has 0 heterocycles. The molecule has 2 rings (SSSR count). The Labute approximate surface area is 136 Å². The second-order valence-electron chi connectivity index (χ2n) is 4.86. The topological polar surface area (TPSA) is 98.5 Å². The van der Waals surface area contributed by atoms with E-state index < -0.39 is 34.9 Å². The lowest BCUT2D eigenvalue weighted by Crippen LogP contribution is -2.21. The summed E-state index contributed by atoms with van der Waals surface area (Å²) in [6, 6.07) is 9.65. The van der Waals surface area contributed by atoms with Gasteiger partial charge in [0.15, 0.2) is 6.61 Å². The van der Waals surface area contributed by atoms with Gasteiger partial charge in [-0.25, -0.2) is 4.79 Å². The van der Waals surface area contributed by atoms with E-state index in [0.717, 1.165) is 12.1 Å². The highest BCUT2D eigenvalue weighted by molar-refractivity contribution is 5.96. The second kappa shape index (κ2) is 7.32. The Hall–Kier alpha value is -3.29. The molecule has 0 aliphatic carbocycles. The fraction of sp³-hybridized carbons (Fsp3) is 0.125. The van der Waals surface area contributed by atoms with E-state index in [2.05, 4.69) is 5.32 Å². The Bertz CT molecular complexity index is 807. The van der Waals surface area contributed by atoms with Gasteiger partial charge in [0.05, 0.1) is 10.5 Å². The molecule has 0 aliphatic heterocycles. The highest BCUT2D eigenvalue weighted by Crippen LogP contribution is 2.21. The number of amides is 1. The summed E-state index contributed by atoms with van der Waals surface area (Å²) in [6.07, 6.45) is 0. The van der Waals surface area contributed by atoms with Crippen molar-refractivity contribution in [2.24, 2.45) is 0 Å². The van der Waals surface area contributed by atoms with Gasteiger partial charge < -0.3 is 10.1 Å². The summed E-state index contributed by atoms with van der Waals surface area (Å²) in [5.41, 5.74) is 0.310. The number of nitrogens with zero attached hydrogens (tertiary/aromatic N) is 1. The maximum absolute atomic E-state index is 13.2. The van der Waals surface area contributed by atoms with Crippen LogP contribution in [0.1, 0.15) is 15.9 Å². The number of aryl methyl sites for hydroxylation is 1. The third kappa shape index (κ3) is 4.13. The molecule has 0 fully saturated rings. The molecule has 0 saturated heterocycles. The number of rotatable bonds is 5. The second-order valence-corrected chi connectivity index (χ2v) is 4.86. The zero-order valence-electron chi connectivity index (χ0n) is 12.6. The van der Waals surface area contributed by atoms with Gasteiger partial charge >= 0.3 is 11.7 Å². The van der Waals surface area contributed by atoms with E-state index in [4.69, 9.17) is 4.74 Å². The standard InChI is InChI=1S/C16H13FN2O5/c1-10-4-2-3-5-12(10)16(21)24-9-15(20)18-11-6-7-13(17)14(8-11)19(22)23/h2-8H,9H2,1H3,(H,18,20). The predicted molar refractivity (Wildman–Crippen MR) is 83.1 cm³/mol. The van der Waals surface area contributed by atoms with Gasteiger partial charge in [-0.2, -0.15) is 4.39 Å². The van der Waals surface area contributed by atoms with Gasteiger partial charge in [0, 0.05) is 11.8 Å². The number of halogens is 1. The maximum Gasteiger partial charge on any atom is 0.338 e. The Morgan fingerprint density at radius 2 is 1.96 bits per heavy atom. The summed E-state index contributed by atoms with van der Waals surface area (Å²) in [7, 11) is 0. The molecule has 7 nitrogen and oxygen atoms in total. The van der Waals surface area contributed by atoms with Gasteiger partial charge in [-0.1, -0.05) is 18.2 Å². The first-order valence-electron chi connectivity index (χ1n) is 6.85. The highest BCUT2D eigenvalue weighted by Gasteiger charge is 2.16. The number of hydrogen-bond acceptors (Lipinski definition) is 5. The number of ether oxygens (including phenoxy) is 1. The van der Waals surface area contributed by atoms with Crippen molar-refractivity contribution in [1.29, 1.82) is 0 Å². The molecule has 124 valence electrons. The third-order valence-electron chi connectivity index (χ3n) is 3.13. The lowest BCUT2D eigenvalue weighted by molar-refractivity contribution is -0.387. The van der Waals surface area contributed by atoms with Crippen LogP contribution in [0.2, 0.25) is 0 Å². The van der Waals surface area contributed by atoms with E-state index in [9.17, 15) is 24.1 Å². The largest absolute Gasteiger partial charge is 0.452 e. The number of hydrogen-bond donors (Lipinski definition) is 1. The van der Waals surface area contributed by atoms with Crippen molar-refractivity contribution in [3.05, 3.63) is 69.5 Å². The van der Waals surface area contributed by atoms with Gasteiger partial charge in [-0.3, -0.25) is 14.9 Å². The average molecular weight is 332 g/mol. The first-order valence-corrected chi connectivity index (χ1v) is 6.85. The molecule has 0 bridgehead atoms. The van der Waals surface area contributed by atoms with Crippen molar-refractivity contribution in [3.8, 4) is 0 Å². The van der Waals surface area contributed by atoms with Gasteiger partial charge in [-0.05, 0) is 30.7 Å². The van der Waals surface area contributed by atoms with E-state index in [1.54, 1.807) is 31.2 Å². The summed E-state index contributed by atoms with van der Waals surface area (Å²) in [5, 5.41) is 12.9. The van der Waals surface area contributed by atoms with Crippen LogP contribution in [0.15, 0.2) is 42.5 Å². The van der Waals surface area contributed by atoms with Gasteiger partial charge in [0.25, 0.3) is 5.91 Å². The van der Waals surface area contributed by atoms with Crippen LogP contribution in [0.5, 0.6) is 0 Å². The Kier molecular flexibility index (Phi) is 5.20. The first kappa shape index (κ1) is 17.1. The molecule has 2 aromatic rings. The summed E-state index contributed by atoms with van der Waals surface area (Å²) in [6.45, 7) is 1.16. The summed E-state index contributed by atoms with van der Waals surface area (Å²) < 4.78 is 18.1. The van der Waals surface area contributed by atoms with Crippen LogP contribution >= 0.6 is 0 Å². The molecule has 2 aromatic carbocycles. The van der Waals surface area contributed by atoms with E-state index in [0.29, 0.717) is 11.1 Å². The Balaban J connectivity index is 1.97. The molecule has 0 saturated carbocycles. The first-order chi connectivity index (χ1) is 11.4. The van der Waals surface area contributed by atoms with E-state index >= 15 is 0 Å². The van der Waals surface area contributed by atoms with Crippen LogP contribution in [-0.4, -0.2) is 23.4 Å². The van der Waals surface area contributed by atoms with Crippen LogP contribution in [-0.2, 0) is 9.53 Å². The van der Waals surface area contributed by atoms with Crippen molar-refractivity contribution in [2.45, 2.75) is 6.92 Å². The molecule has 0 aromatic heterocycles. The molecule has 8 heteroatoms. The molecular formula is C16H13FN2O5. The van der Waals surface area contributed by atoms with E-state index in [1.165, 1.54) is 6.07 Å². The Morgan fingerprint density at radius 1 is 1.25 bits per heavy atom. The van der Waals surface area contributed by atoms with Crippen molar-refractivity contribution in [2.75, 3.05) is 11.9 Å². The third-order valence-corrected chi connectivity index (χ3v) is 3.13. The monoisotopic (exact) mass is 332 g/mol. The minimum Gasteiger partial charge on any atom is -0.452 e. The molecule has 0 spiro atoms. The summed E-state index contributed by atoms with van der Waals surface area (Å²) in [5.74, 6) is -2.37. The van der Waals surface area contributed by atoms with Crippen LogP contribution in [0.25, 0.3) is 0 Å². The molecule has 24 heavy (non-hydrogen) atoms. The number of benzene rings is 2. The van der Waals surface area contributed by atoms with Gasteiger partial charge in [-0.15, -0.1) is 0 Å². The number of carbonyl (C=O) groups is 2. The normalized spacial score (nSPS) is 10.1. The van der Waals surface area contributed by atoms with Crippen molar-refractivity contribution in [1.82, 2.24) is 0 Å². The number of nitro benzene ring substituents is 1. The average Bonchev–Trinajstić information content (AvgIpc) is 2.54. The molecule has 0 atom stereocenters. The zero-order valence-corrected chi connectivity index (χ0v) is 12.6. The number of esters is 1. The lowest BCUT2D eigenvalue weighted by Gasteiger charge is -2.08. The smallest absolute Gasteiger partial charge is 0.338 e. The van der Waals surface area contributed by atoms with Crippen molar-refractivity contribution >= 4 is 23.3 Å². The van der Waals surface area contributed by atoms with Crippen LogP contribution < -0.4 is 5.32 Å². The predicted octanol–water partition coefficient (Wildman–Crippen LogP) is 2.84. The van der Waals surface area contributed by atoms with E-state index in [-0.39, 0.29) is 5.69 Å². The van der Waals surface area contributed by atoms with Crippen LogP contribution in [0.4, 0.5) is 15.8 Å². The SMILES string of the molecule is Cc1ccccc1C(=O)OCC(=O)Nc1ccc(F)c([N+](=O)[O-])c1. The lowest BCUT2D eigenvalue weighted by atomic mass is 10.1. The fourth-order valence-corrected chi connectivity index (χ4v) is 1.94. The molecule has 0 aliphatic rings. The van der Waals surface area contributed by atoms with Crippen molar-refractivity contribution < 1.29 is 23.6 Å². The summed E-state index contributed by atoms with van der Waals surface area (Å²) in [4.78, 5) is 33.4. The minimum absolute atomic E-state index is 0.0278. The van der Waals surface area contributed by atoms with Crippen LogP contribution in [0, 0.1) is 22.9 Å². The number of anilines is 1. The minimum atomic E-state index is -1.01. The molecule has 0 radical (unpaired) electrons. The van der Waals surface area contributed by atoms with Crippen LogP contribution in [0.3, 0.4) is 0 Å². The summed E-state index contributed by atoms with van der Waals surface area (Å²) >= 11 is 0. The Morgan fingerprint density at radius 3 is 2.62 bits per heavy atom. The number of carbonyl (C=O) groups excluding carboxylic acids is 2. The molecule has 1 amide bonds. The van der Waals surface area contributed by atoms with Gasteiger partial charge in [0.2, 0.25) is 5.82 Å². The number of nitro groups is 1. The molecular weight excluding hydrogens is 319 g/mol. The highest BCUT2D eigenvalue weighted by atomic mass is 19.1. The number of nitrogens with one attached hydrogen (secondary N) is 1. The van der Waals surface area contributed by atoms with Gasteiger partial charge in [0.1, 0.15) is 0 Å². The maximum atomic E-state index is 13.2. The fourth-order valence-electron chi connectivity index (χ4n) is 1.94. The zero-order chi connectivity index (χ0) is 17.7. The molecule has 0 unspecified atom stereocenters. The molecule has 1 N–H and O–H groups in total.